The Morgan fingerprint density at radius 1 is 0.955 bits per heavy atom. The molecule has 0 unspecified atom stereocenters. The summed E-state index contributed by atoms with van der Waals surface area (Å²) in [6.07, 6.45) is 0. The van der Waals surface area contributed by atoms with E-state index in [-0.39, 0.29) is 5.56 Å². The molecule has 0 aliphatic carbocycles. The first kappa shape index (κ1) is 12.8. The zero-order valence-electron chi connectivity index (χ0n) is 12.3. The largest absolute Gasteiger partial charge is 0.268 e. The number of para-hydroxylation sites is 1. The number of aryl methyl sites for hydroxylation is 2. The zero-order valence-corrected chi connectivity index (χ0v) is 12.3. The van der Waals surface area contributed by atoms with Crippen LogP contribution in [0.15, 0.2) is 53.3 Å². The Morgan fingerprint density at radius 2 is 1.77 bits per heavy atom. The molecule has 0 fully saturated rings. The maximum absolute atomic E-state index is 12.9. The molecule has 0 radical (unpaired) electrons. The van der Waals surface area contributed by atoms with Gasteiger partial charge in [-0.25, -0.2) is 4.57 Å². The molecule has 0 atom stereocenters. The molecule has 0 amide bonds. The van der Waals surface area contributed by atoms with Gasteiger partial charge in [-0.05, 0) is 43.7 Å². The summed E-state index contributed by atoms with van der Waals surface area (Å²) < 4.78 is 3.54. The van der Waals surface area contributed by atoms with E-state index in [2.05, 4.69) is 10.2 Å². The summed E-state index contributed by atoms with van der Waals surface area (Å²) >= 11 is 0. The quantitative estimate of drug-likeness (QED) is 0.541. The van der Waals surface area contributed by atoms with Crippen molar-refractivity contribution in [2.45, 2.75) is 13.8 Å². The van der Waals surface area contributed by atoms with Crippen LogP contribution in [0, 0.1) is 13.8 Å². The van der Waals surface area contributed by atoms with Crippen molar-refractivity contribution in [3.05, 3.63) is 70.3 Å². The van der Waals surface area contributed by atoms with E-state index in [1.807, 2.05) is 66.8 Å². The molecule has 0 aliphatic heterocycles. The SMILES string of the molecule is Cc1cccc(-n2c(=O)c3ccccc3n3c(C)nnc23)c1. The van der Waals surface area contributed by atoms with Gasteiger partial charge >= 0.3 is 0 Å². The van der Waals surface area contributed by atoms with E-state index in [0.29, 0.717) is 11.2 Å². The molecule has 0 saturated carbocycles. The van der Waals surface area contributed by atoms with E-state index in [1.165, 1.54) is 0 Å². The minimum atomic E-state index is -0.0823. The van der Waals surface area contributed by atoms with Crippen LogP contribution in [0.4, 0.5) is 0 Å². The normalized spacial score (nSPS) is 11.4. The summed E-state index contributed by atoms with van der Waals surface area (Å²) in [6.45, 7) is 3.89. The minimum absolute atomic E-state index is 0.0823. The molecule has 22 heavy (non-hydrogen) atoms. The Balaban J connectivity index is 2.27. The second kappa shape index (κ2) is 4.53. The number of rotatable bonds is 1. The number of hydrogen-bond acceptors (Lipinski definition) is 3. The number of fused-ring (bicyclic) bond motifs is 3. The molecule has 2 heterocycles. The molecular formula is C17H14N4O. The zero-order chi connectivity index (χ0) is 15.3. The Kier molecular flexibility index (Phi) is 2.63. The molecule has 108 valence electrons. The fraction of sp³-hybridized carbons (Fsp3) is 0.118. The number of nitrogens with zero attached hydrogens (tertiary/aromatic N) is 4. The highest BCUT2D eigenvalue weighted by atomic mass is 16.1. The summed E-state index contributed by atoms with van der Waals surface area (Å²) in [5.74, 6) is 1.29. The van der Waals surface area contributed by atoms with E-state index < -0.39 is 0 Å². The third-order valence-electron chi connectivity index (χ3n) is 3.85. The van der Waals surface area contributed by atoms with Crippen molar-refractivity contribution >= 4 is 16.7 Å². The molecule has 0 saturated heterocycles. The van der Waals surface area contributed by atoms with Gasteiger partial charge in [-0.2, -0.15) is 0 Å². The van der Waals surface area contributed by atoms with E-state index in [4.69, 9.17) is 0 Å². The number of hydrogen-bond donors (Lipinski definition) is 0. The van der Waals surface area contributed by atoms with Gasteiger partial charge in [0.15, 0.2) is 0 Å². The molecular weight excluding hydrogens is 276 g/mol. The van der Waals surface area contributed by atoms with Crippen molar-refractivity contribution in [1.29, 1.82) is 0 Å². The fourth-order valence-electron chi connectivity index (χ4n) is 2.84. The van der Waals surface area contributed by atoms with Crippen LogP contribution in [0.3, 0.4) is 0 Å². The monoisotopic (exact) mass is 290 g/mol. The maximum Gasteiger partial charge on any atom is 0.267 e. The lowest BCUT2D eigenvalue weighted by Gasteiger charge is -2.11. The molecule has 0 spiro atoms. The van der Waals surface area contributed by atoms with Crippen LogP contribution in [0.1, 0.15) is 11.4 Å². The second-order valence-electron chi connectivity index (χ2n) is 5.38. The van der Waals surface area contributed by atoms with Crippen molar-refractivity contribution in [3.63, 3.8) is 0 Å². The van der Waals surface area contributed by atoms with Crippen LogP contribution in [0.2, 0.25) is 0 Å². The van der Waals surface area contributed by atoms with Crippen LogP contribution < -0.4 is 5.56 Å². The van der Waals surface area contributed by atoms with Gasteiger partial charge in [-0.3, -0.25) is 9.20 Å². The molecule has 5 heteroatoms. The van der Waals surface area contributed by atoms with Crippen molar-refractivity contribution in [3.8, 4) is 5.69 Å². The maximum atomic E-state index is 12.9. The lowest BCUT2D eigenvalue weighted by atomic mass is 10.2. The summed E-state index contributed by atoms with van der Waals surface area (Å²) in [5.41, 5.74) is 2.63. The molecule has 2 aromatic heterocycles. The summed E-state index contributed by atoms with van der Waals surface area (Å²) in [6, 6.07) is 15.4. The van der Waals surface area contributed by atoms with Gasteiger partial charge in [-0.15, -0.1) is 10.2 Å². The minimum Gasteiger partial charge on any atom is -0.268 e. The second-order valence-corrected chi connectivity index (χ2v) is 5.38. The lowest BCUT2D eigenvalue weighted by Crippen LogP contribution is -2.22. The van der Waals surface area contributed by atoms with E-state index in [0.717, 1.165) is 22.6 Å². The highest BCUT2D eigenvalue weighted by molar-refractivity contribution is 5.81. The first-order valence-electron chi connectivity index (χ1n) is 7.09. The third-order valence-corrected chi connectivity index (χ3v) is 3.85. The first-order valence-corrected chi connectivity index (χ1v) is 7.09. The Morgan fingerprint density at radius 3 is 2.59 bits per heavy atom. The smallest absolute Gasteiger partial charge is 0.267 e. The van der Waals surface area contributed by atoms with E-state index >= 15 is 0 Å². The summed E-state index contributed by atoms with van der Waals surface area (Å²) in [7, 11) is 0. The molecule has 4 aromatic rings. The standard InChI is InChI=1S/C17H14N4O/c1-11-6-5-7-13(10-11)21-16(22)14-8-3-4-9-15(14)20-12(2)18-19-17(20)21/h3-10H,1-2H3. The van der Waals surface area contributed by atoms with Gasteiger partial charge in [0, 0.05) is 0 Å². The van der Waals surface area contributed by atoms with E-state index in [1.54, 1.807) is 4.57 Å². The predicted octanol–water partition coefficient (Wildman–Crippen LogP) is 2.65. The molecule has 2 aromatic carbocycles. The van der Waals surface area contributed by atoms with Gasteiger partial charge in [0.25, 0.3) is 5.56 Å². The Hall–Kier alpha value is -2.95. The van der Waals surface area contributed by atoms with Crippen molar-refractivity contribution in [1.82, 2.24) is 19.2 Å². The average Bonchev–Trinajstić information content (AvgIpc) is 2.90. The predicted molar refractivity (Wildman–Crippen MR) is 85.6 cm³/mol. The van der Waals surface area contributed by atoms with Crippen LogP contribution in [0.5, 0.6) is 0 Å². The molecule has 0 aliphatic rings. The topological polar surface area (TPSA) is 52.2 Å². The highest BCUT2D eigenvalue weighted by Crippen LogP contribution is 2.17. The molecule has 0 N–H and O–H groups in total. The summed E-state index contributed by atoms with van der Waals surface area (Å²) in [5, 5.41) is 9.01. The summed E-state index contributed by atoms with van der Waals surface area (Å²) in [4.78, 5) is 12.9. The van der Waals surface area contributed by atoms with Gasteiger partial charge in [-0.1, -0.05) is 24.3 Å². The Labute approximate surface area is 126 Å². The number of benzene rings is 2. The van der Waals surface area contributed by atoms with Gasteiger partial charge in [0.2, 0.25) is 5.78 Å². The average molecular weight is 290 g/mol. The third kappa shape index (κ3) is 1.69. The first-order chi connectivity index (χ1) is 10.7. The van der Waals surface area contributed by atoms with Gasteiger partial charge in [0.1, 0.15) is 5.82 Å². The van der Waals surface area contributed by atoms with Crippen LogP contribution >= 0.6 is 0 Å². The fourth-order valence-corrected chi connectivity index (χ4v) is 2.84. The van der Waals surface area contributed by atoms with Crippen molar-refractivity contribution < 1.29 is 0 Å². The lowest BCUT2D eigenvalue weighted by molar-refractivity contribution is 0.963. The van der Waals surface area contributed by atoms with Crippen molar-refractivity contribution in [2.75, 3.05) is 0 Å². The molecule has 0 bridgehead atoms. The van der Waals surface area contributed by atoms with Gasteiger partial charge < -0.3 is 0 Å². The molecule has 4 rings (SSSR count). The van der Waals surface area contributed by atoms with Crippen LogP contribution in [0.25, 0.3) is 22.4 Å². The van der Waals surface area contributed by atoms with Crippen molar-refractivity contribution in [2.24, 2.45) is 0 Å². The van der Waals surface area contributed by atoms with E-state index in [9.17, 15) is 4.79 Å². The number of aromatic nitrogens is 4. The van der Waals surface area contributed by atoms with Crippen LogP contribution in [-0.2, 0) is 0 Å². The molecule has 5 nitrogen and oxygen atoms in total. The highest BCUT2D eigenvalue weighted by Gasteiger charge is 2.15. The Bertz CT molecular complexity index is 1080. The van der Waals surface area contributed by atoms with Gasteiger partial charge in [0.05, 0.1) is 16.6 Å². The van der Waals surface area contributed by atoms with Crippen LogP contribution in [-0.4, -0.2) is 19.2 Å².